The van der Waals surface area contributed by atoms with Gasteiger partial charge in [-0.05, 0) is 17.7 Å². The van der Waals surface area contributed by atoms with E-state index in [-0.39, 0.29) is 12.3 Å². The lowest BCUT2D eigenvalue weighted by molar-refractivity contribution is -0.130. The lowest BCUT2D eigenvalue weighted by Gasteiger charge is -2.14. The number of methoxy groups -OCH3 is 1. The summed E-state index contributed by atoms with van der Waals surface area (Å²) in [5, 5.41) is 2.62. The average Bonchev–Trinajstić information content (AvgIpc) is 2.39. The summed E-state index contributed by atoms with van der Waals surface area (Å²) in [5.41, 5.74) is 5.63. The highest BCUT2D eigenvalue weighted by Gasteiger charge is 2.18. The molecule has 0 aliphatic carbocycles. The van der Waals surface area contributed by atoms with E-state index in [2.05, 4.69) is 5.32 Å². The number of benzene rings is 1. The fourth-order valence-corrected chi connectivity index (χ4v) is 1.68. The second kappa shape index (κ2) is 8.39. The van der Waals surface area contributed by atoms with Gasteiger partial charge in [0.1, 0.15) is 17.7 Å². The van der Waals surface area contributed by atoms with E-state index < -0.39 is 17.7 Å². The molecule has 0 unspecified atom stereocenters. The minimum Gasteiger partial charge on any atom is -0.371 e. The van der Waals surface area contributed by atoms with Crippen LogP contribution < -0.4 is 11.1 Å². The Kier molecular flexibility index (Phi) is 6.83. The van der Waals surface area contributed by atoms with Gasteiger partial charge in [0.15, 0.2) is 0 Å². The molecule has 0 aliphatic heterocycles. The quantitative estimate of drug-likeness (QED) is 0.738. The van der Waals surface area contributed by atoms with Crippen molar-refractivity contribution in [2.75, 3.05) is 20.2 Å². The number of hydrogen-bond donors (Lipinski definition) is 2. The molecule has 0 aromatic heterocycles. The van der Waals surface area contributed by atoms with Gasteiger partial charge in [0.05, 0.1) is 0 Å². The topological polar surface area (TPSA) is 64.3 Å². The number of hydrogen-bond acceptors (Lipinski definition) is 3. The molecular formula is C14H18F2N2O2. The first-order valence-electron chi connectivity index (χ1n) is 6.17. The van der Waals surface area contributed by atoms with Crippen LogP contribution in [0.25, 0.3) is 0 Å². The number of nitrogens with one attached hydrogen (secondary N) is 1. The van der Waals surface area contributed by atoms with Crippen LogP contribution >= 0.6 is 0 Å². The molecule has 1 atom stereocenters. The Balaban J connectivity index is 2.61. The summed E-state index contributed by atoms with van der Waals surface area (Å²) in [6.07, 6.45) is 2.72. The molecule has 0 spiro atoms. The molecule has 6 heteroatoms. The largest absolute Gasteiger partial charge is 0.371 e. The van der Waals surface area contributed by atoms with Gasteiger partial charge in [-0.15, -0.1) is 0 Å². The molecular weight excluding hydrogens is 266 g/mol. The van der Waals surface area contributed by atoms with Gasteiger partial charge in [0, 0.05) is 32.7 Å². The van der Waals surface area contributed by atoms with Crippen LogP contribution in [-0.4, -0.2) is 32.2 Å². The van der Waals surface area contributed by atoms with Gasteiger partial charge in [0.2, 0.25) is 5.91 Å². The van der Waals surface area contributed by atoms with E-state index in [0.717, 1.165) is 6.07 Å². The zero-order chi connectivity index (χ0) is 15.0. The Morgan fingerprint density at radius 2 is 2.00 bits per heavy atom. The zero-order valence-corrected chi connectivity index (χ0v) is 11.2. The molecule has 1 aromatic carbocycles. The molecule has 110 valence electrons. The summed E-state index contributed by atoms with van der Waals surface area (Å²) in [5.74, 6) is -1.71. The van der Waals surface area contributed by atoms with Crippen LogP contribution in [0.1, 0.15) is 5.56 Å². The Morgan fingerprint density at radius 3 is 2.55 bits per heavy atom. The van der Waals surface area contributed by atoms with E-state index in [1.807, 2.05) is 0 Å². The molecule has 0 fully saturated rings. The van der Waals surface area contributed by atoms with Crippen molar-refractivity contribution < 1.29 is 18.3 Å². The van der Waals surface area contributed by atoms with Crippen molar-refractivity contribution in [1.82, 2.24) is 5.32 Å². The molecule has 20 heavy (non-hydrogen) atoms. The van der Waals surface area contributed by atoms with Crippen molar-refractivity contribution in [3.8, 4) is 0 Å². The van der Waals surface area contributed by atoms with Gasteiger partial charge < -0.3 is 15.8 Å². The minimum absolute atomic E-state index is 0.0949. The van der Waals surface area contributed by atoms with Crippen LogP contribution in [0, 0.1) is 11.6 Å². The van der Waals surface area contributed by atoms with Gasteiger partial charge in [0.25, 0.3) is 0 Å². The van der Waals surface area contributed by atoms with Crippen molar-refractivity contribution in [1.29, 1.82) is 0 Å². The van der Waals surface area contributed by atoms with Crippen LogP contribution in [0.4, 0.5) is 8.78 Å². The van der Waals surface area contributed by atoms with Crippen LogP contribution in [0.2, 0.25) is 0 Å². The smallest absolute Gasteiger partial charge is 0.249 e. The predicted molar refractivity (Wildman–Crippen MR) is 72.1 cm³/mol. The fraction of sp³-hybridized carbons (Fsp3) is 0.357. The number of carbonyl (C=O) groups is 1. The highest BCUT2D eigenvalue weighted by Crippen LogP contribution is 2.11. The molecule has 4 nitrogen and oxygen atoms in total. The lowest BCUT2D eigenvalue weighted by atomic mass is 10.1. The van der Waals surface area contributed by atoms with E-state index >= 15 is 0 Å². The second-order valence-corrected chi connectivity index (χ2v) is 4.16. The van der Waals surface area contributed by atoms with Gasteiger partial charge >= 0.3 is 0 Å². The normalized spacial score (nSPS) is 12.6. The molecule has 1 aromatic rings. The van der Waals surface area contributed by atoms with E-state index in [1.54, 1.807) is 12.2 Å². The summed E-state index contributed by atoms with van der Waals surface area (Å²) >= 11 is 0. The first kappa shape index (κ1) is 16.3. The summed E-state index contributed by atoms with van der Waals surface area (Å²) in [6.45, 7) is 0.722. The van der Waals surface area contributed by atoms with Crippen molar-refractivity contribution in [2.45, 2.75) is 12.5 Å². The Bertz CT molecular complexity index is 458. The molecule has 0 radical (unpaired) electrons. The van der Waals surface area contributed by atoms with E-state index in [1.165, 1.54) is 19.2 Å². The molecule has 1 amide bonds. The van der Waals surface area contributed by atoms with Gasteiger partial charge in [-0.1, -0.05) is 12.2 Å². The maximum atomic E-state index is 13.1. The first-order valence-corrected chi connectivity index (χ1v) is 6.17. The van der Waals surface area contributed by atoms with Crippen molar-refractivity contribution in [3.05, 3.63) is 47.5 Å². The Hall–Kier alpha value is -1.79. The fourth-order valence-electron chi connectivity index (χ4n) is 1.68. The number of ether oxygens (including phenoxy) is 1. The molecule has 0 saturated carbocycles. The van der Waals surface area contributed by atoms with Crippen molar-refractivity contribution >= 4 is 5.91 Å². The van der Waals surface area contributed by atoms with Gasteiger partial charge in [-0.3, -0.25) is 4.79 Å². The SMILES string of the molecule is CO[C@@H](Cc1cc(F)cc(F)c1)C(=O)NC/C=C/CN. The lowest BCUT2D eigenvalue weighted by Crippen LogP contribution is -2.37. The number of carbonyl (C=O) groups excluding carboxylic acids is 1. The highest BCUT2D eigenvalue weighted by atomic mass is 19.1. The van der Waals surface area contributed by atoms with Crippen molar-refractivity contribution in [2.24, 2.45) is 5.73 Å². The first-order chi connectivity index (χ1) is 9.56. The molecule has 0 heterocycles. The summed E-state index contributed by atoms with van der Waals surface area (Å²) in [7, 11) is 1.37. The Labute approximate surface area is 116 Å². The zero-order valence-electron chi connectivity index (χ0n) is 11.2. The van der Waals surface area contributed by atoms with Gasteiger partial charge in [-0.2, -0.15) is 0 Å². The highest BCUT2D eigenvalue weighted by molar-refractivity contribution is 5.81. The average molecular weight is 284 g/mol. The summed E-state index contributed by atoms with van der Waals surface area (Å²) in [4.78, 5) is 11.8. The van der Waals surface area contributed by atoms with Crippen LogP contribution in [0.3, 0.4) is 0 Å². The number of halogens is 2. The third-order valence-electron chi connectivity index (χ3n) is 2.62. The number of amides is 1. The van der Waals surface area contributed by atoms with Crippen molar-refractivity contribution in [3.63, 3.8) is 0 Å². The monoisotopic (exact) mass is 284 g/mol. The van der Waals surface area contributed by atoms with Crippen LogP contribution in [0.15, 0.2) is 30.4 Å². The molecule has 0 bridgehead atoms. The third-order valence-corrected chi connectivity index (χ3v) is 2.62. The summed E-state index contributed by atoms with van der Waals surface area (Å²) < 4.78 is 31.2. The second-order valence-electron chi connectivity index (χ2n) is 4.16. The number of rotatable bonds is 7. The van der Waals surface area contributed by atoms with Gasteiger partial charge in [-0.25, -0.2) is 8.78 Å². The maximum Gasteiger partial charge on any atom is 0.249 e. The van der Waals surface area contributed by atoms with E-state index in [9.17, 15) is 13.6 Å². The third kappa shape index (κ3) is 5.46. The number of nitrogens with two attached hydrogens (primary N) is 1. The Morgan fingerprint density at radius 1 is 1.35 bits per heavy atom. The maximum absolute atomic E-state index is 13.1. The molecule has 1 rings (SSSR count). The molecule has 0 saturated heterocycles. The predicted octanol–water partition coefficient (Wildman–Crippen LogP) is 1.15. The van der Waals surface area contributed by atoms with Crippen LogP contribution in [-0.2, 0) is 16.0 Å². The van der Waals surface area contributed by atoms with E-state index in [4.69, 9.17) is 10.5 Å². The van der Waals surface area contributed by atoms with Crippen LogP contribution in [0.5, 0.6) is 0 Å². The standard InChI is InChI=1S/C14H18F2N2O2/c1-20-13(14(19)18-5-3-2-4-17)8-10-6-11(15)9-12(16)7-10/h2-3,6-7,9,13H,4-5,8,17H2,1H3,(H,18,19)/b3-2+/t13-/m0/s1. The molecule has 0 aliphatic rings. The summed E-state index contributed by atoms with van der Waals surface area (Å²) in [6, 6.07) is 3.14. The van der Waals surface area contributed by atoms with E-state index in [0.29, 0.717) is 18.7 Å². The minimum atomic E-state index is -0.803. The molecule has 3 N–H and O–H groups in total.